The number of carbonyl (C=O) groups excluding carboxylic acids is 2. The van der Waals surface area contributed by atoms with Crippen molar-refractivity contribution in [3.8, 4) is 0 Å². The lowest BCUT2D eigenvalue weighted by Crippen LogP contribution is -2.42. The summed E-state index contributed by atoms with van der Waals surface area (Å²) in [6, 6.07) is 3.53. The molecule has 2 rings (SSSR count). The summed E-state index contributed by atoms with van der Waals surface area (Å²) in [7, 11) is 1.36. The summed E-state index contributed by atoms with van der Waals surface area (Å²) >= 11 is 3.21. The van der Waals surface area contributed by atoms with Gasteiger partial charge in [-0.2, -0.15) is 0 Å². The normalized spacial score (nSPS) is 15.7. The van der Waals surface area contributed by atoms with E-state index in [1.54, 1.807) is 17.0 Å². The molecule has 0 N–H and O–H groups in total. The van der Waals surface area contributed by atoms with Gasteiger partial charge in [0.1, 0.15) is 0 Å². The van der Waals surface area contributed by atoms with Crippen LogP contribution in [0.5, 0.6) is 0 Å². The number of nitrogens with zero attached hydrogens (tertiary/aromatic N) is 1. The van der Waals surface area contributed by atoms with E-state index in [9.17, 15) is 9.59 Å². The molecule has 1 heterocycles. The zero-order chi connectivity index (χ0) is 15.2. The van der Waals surface area contributed by atoms with Gasteiger partial charge in [0.25, 0.3) is 5.91 Å². The molecular weight excluding hydrogens is 338 g/mol. The Labute approximate surface area is 132 Å². The molecule has 1 fully saturated rings. The maximum atomic E-state index is 12.6. The van der Waals surface area contributed by atoms with Crippen molar-refractivity contribution in [3.63, 3.8) is 0 Å². The Morgan fingerprint density at radius 1 is 1.33 bits per heavy atom. The minimum Gasteiger partial charge on any atom is -0.469 e. The quantitative estimate of drug-likeness (QED) is 0.757. The molecule has 6 heteroatoms. The summed E-state index contributed by atoms with van der Waals surface area (Å²) < 4.78 is 10.6. The van der Waals surface area contributed by atoms with Crippen LogP contribution in [0.15, 0.2) is 21.2 Å². The van der Waals surface area contributed by atoms with Gasteiger partial charge >= 0.3 is 5.97 Å². The van der Waals surface area contributed by atoms with Gasteiger partial charge in [-0.25, -0.2) is 0 Å². The standard InChI is InChI=1S/C15H20BrNO4/c1-20-14(18)9-10-17(11-5-3-2-4-6-11)15(19)12-7-8-13(16)21-12/h7-8,11H,2-6,9-10H2,1H3. The molecule has 0 bridgehead atoms. The second kappa shape index (κ2) is 7.64. The summed E-state index contributed by atoms with van der Waals surface area (Å²) in [5, 5.41) is 0. The average Bonchev–Trinajstić information content (AvgIpc) is 2.94. The SMILES string of the molecule is COC(=O)CCN(C(=O)c1ccc(Br)o1)C1CCCCC1. The van der Waals surface area contributed by atoms with Gasteiger partial charge < -0.3 is 14.1 Å². The second-order valence-corrected chi connectivity index (χ2v) is 6.00. The van der Waals surface area contributed by atoms with Gasteiger partial charge in [0.05, 0.1) is 13.5 Å². The van der Waals surface area contributed by atoms with Crippen LogP contribution in [0.1, 0.15) is 49.1 Å². The Kier molecular flexibility index (Phi) is 5.85. The lowest BCUT2D eigenvalue weighted by Gasteiger charge is -2.33. The zero-order valence-electron chi connectivity index (χ0n) is 12.1. The molecule has 1 aromatic heterocycles. The summed E-state index contributed by atoms with van der Waals surface area (Å²) in [5.74, 6) is -0.155. The van der Waals surface area contributed by atoms with Crippen LogP contribution in [0.25, 0.3) is 0 Å². The molecule has 1 aliphatic rings. The van der Waals surface area contributed by atoms with E-state index in [4.69, 9.17) is 4.42 Å². The molecule has 0 saturated heterocycles. The van der Waals surface area contributed by atoms with Crippen LogP contribution in [0.2, 0.25) is 0 Å². The Hall–Kier alpha value is -1.30. The van der Waals surface area contributed by atoms with Gasteiger partial charge in [-0.15, -0.1) is 0 Å². The number of furan rings is 1. The molecule has 116 valence electrons. The lowest BCUT2D eigenvalue weighted by atomic mass is 9.94. The Bertz CT molecular complexity index is 494. The number of halogens is 1. The third-order valence-corrected chi connectivity index (χ3v) is 4.27. The van der Waals surface area contributed by atoms with Crippen molar-refractivity contribution in [3.05, 3.63) is 22.6 Å². The Balaban J connectivity index is 2.09. The summed E-state index contributed by atoms with van der Waals surface area (Å²) in [5.41, 5.74) is 0. The second-order valence-electron chi connectivity index (χ2n) is 5.22. The first-order valence-electron chi connectivity index (χ1n) is 7.25. The van der Waals surface area contributed by atoms with E-state index in [-0.39, 0.29) is 24.3 Å². The lowest BCUT2D eigenvalue weighted by molar-refractivity contribution is -0.140. The van der Waals surface area contributed by atoms with E-state index in [1.165, 1.54) is 13.5 Å². The fraction of sp³-hybridized carbons (Fsp3) is 0.600. The van der Waals surface area contributed by atoms with Crippen molar-refractivity contribution in [2.24, 2.45) is 0 Å². The molecule has 0 aromatic carbocycles. The maximum absolute atomic E-state index is 12.6. The summed E-state index contributed by atoms with van der Waals surface area (Å²) in [6.45, 7) is 0.370. The van der Waals surface area contributed by atoms with E-state index in [0.29, 0.717) is 17.0 Å². The molecule has 0 atom stereocenters. The van der Waals surface area contributed by atoms with E-state index in [0.717, 1.165) is 25.7 Å². The average molecular weight is 358 g/mol. The third kappa shape index (κ3) is 4.33. The van der Waals surface area contributed by atoms with Gasteiger partial charge in [0, 0.05) is 12.6 Å². The minimum absolute atomic E-state index is 0.156. The highest BCUT2D eigenvalue weighted by atomic mass is 79.9. The van der Waals surface area contributed by atoms with E-state index < -0.39 is 0 Å². The van der Waals surface area contributed by atoms with E-state index in [2.05, 4.69) is 20.7 Å². The van der Waals surface area contributed by atoms with E-state index in [1.807, 2.05) is 0 Å². The predicted octanol–water partition coefficient (Wildman–Crippen LogP) is 3.38. The highest BCUT2D eigenvalue weighted by Crippen LogP contribution is 2.25. The van der Waals surface area contributed by atoms with E-state index >= 15 is 0 Å². The van der Waals surface area contributed by atoms with Crippen molar-refractivity contribution in [1.29, 1.82) is 0 Å². The van der Waals surface area contributed by atoms with Crippen molar-refractivity contribution >= 4 is 27.8 Å². The number of rotatable bonds is 5. The first kappa shape index (κ1) is 16.1. The minimum atomic E-state index is -0.302. The molecule has 1 amide bonds. The third-order valence-electron chi connectivity index (χ3n) is 3.84. The molecule has 0 spiro atoms. The molecule has 0 unspecified atom stereocenters. The first-order chi connectivity index (χ1) is 10.1. The van der Waals surface area contributed by atoms with Crippen molar-refractivity contribution < 1.29 is 18.7 Å². The van der Waals surface area contributed by atoms with Crippen LogP contribution < -0.4 is 0 Å². The predicted molar refractivity (Wildman–Crippen MR) is 81.0 cm³/mol. The molecular formula is C15H20BrNO4. The number of ether oxygens (including phenoxy) is 1. The topological polar surface area (TPSA) is 59.8 Å². The van der Waals surface area contributed by atoms with Gasteiger partial charge in [0.15, 0.2) is 10.4 Å². The smallest absolute Gasteiger partial charge is 0.307 e. The van der Waals surface area contributed by atoms with Crippen molar-refractivity contribution in [2.75, 3.05) is 13.7 Å². The fourth-order valence-corrected chi connectivity index (χ4v) is 3.03. The van der Waals surface area contributed by atoms with Gasteiger partial charge in [-0.05, 0) is 40.9 Å². The van der Waals surface area contributed by atoms with Gasteiger partial charge in [-0.1, -0.05) is 19.3 Å². The van der Waals surface area contributed by atoms with Gasteiger partial charge in [0.2, 0.25) is 0 Å². The molecule has 1 aliphatic carbocycles. The van der Waals surface area contributed by atoms with Crippen molar-refractivity contribution in [2.45, 2.75) is 44.6 Å². The highest BCUT2D eigenvalue weighted by Gasteiger charge is 2.28. The molecule has 0 radical (unpaired) electrons. The van der Waals surface area contributed by atoms with Gasteiger partial charge in [-0.3, -0.25) is 9.59 Å². The number of esters is 1. The van der Waals surface area contributed by atoms with Crippen LogP contribution in [-0.4, -0.2) is 36.5 Å². The maximum Gasteiger partial charge on any atom is 0.307 e. The Morgan fingerprint density at radius 3 is 2.62 bits per heavy atom. The highest BCUT2D eigenvalue weighted by molar-refractivity contribution is 9.10. The number of amides is 1. The number of methoxy groups -OCH3 is 1. The Morgan fingerprint density at radius 2 is 2.05 bits per heavy atom. The van der Waals surface area contributed by atoms with Crippen molar-refractivity contribution in [1.82, 2.24) is 4.90 Å². The molecule has 5 nitrogen and oxygen atoms in total. The molecule has 1 aromatic rings. The fourth-order valence-electron chi connectivity index (χ4n) is 2.73. The zero-order valence-corrected chi connectivity index (χ0v) is 13.7. The summed E-state index contributed by atoms with van der Waals surface area (Å²) in [6.07, 6.45) is 5.62. The summed E-state index contributed by atoms with van der Waals surface area (Å²) in [4.78, 5) is 25.8. The molecule has 0 aliphatic heterocycles. The van der Waals surface area contributed by atoms with Crippen LogP contribution in [0, 0.1) is 0 Å². The van der Waals surface area contributed by atoms with Crippen LogP contribution >= 0.6 is 15.9 Å². The van der Waals surface area contributed by atoms with Crippen LogP contribution in [0.4, 0.5) is 0 Å². The number of hydrogen-bond acceptors (Lipinski definition) is 4. The number of hydrogen-bond donors (Lipinski definition) is 0. The molecule has 21 heavy (non-hydrogen) atoms. The molecule has 1 saturated carbocycles. The largest absolute Gasteiger partial charge is 0.469 e. The monoisotopic (exact) mass is 357 g/mol. The van der Waals surface area contributed by atoms with Crippen LogP contribution in [-0.2, 0) is 9.53 Å². The first-order valence-corrected chi connectivity index (χ1v) is 8.04. The van der Waals surface area contributed by atoms with Crippen LogP contribution in [0.3, 0.4) is 0 Å². The number of carbonyl (C=O) groups is 2.